The van der Waals surface area contributed by atoms with Crippen LogP contribution in [0.1, 0.15) is 25.7 Å². The summed E-state index contributed by atoms with van der Waals surface area (Å²) in [6.45, 7) is 2.14. The first kappa shape index (κ1) is 7.56. The second kappa shape index (κ2) is 2.76. The number of ether oxygens (including phenoxy) is 1. The van der Waals surface area contributed by atoms with E-state index in [1.54, 1.807) is 0 Å². The molecule has 2 heterocycles. The van der Waals surface area contributed by atoms with E-state index in [1.807, 2.05) is 7.11 Å². The molecule has 2 nitrogen and oxygen atoms in total. The van der Waals surface area contributed by atoms with Crippen molar-refractivity contribution in [2.24, 2.45) is 5.41 Å². The van der Waals surface area contributed by atoms with Crippen molar-refractivity contribution in [3.05, 3.63) is 0 Å². The van der Waals surface area contributed by atoms with Gasteiger partial charge in [-0.25, -0.2) is 0 Å². The summed E-state index contributed by atoms with van der Waals surface area (Å²) in [7, 11) is 1.81. The number of rotatable bonds is 2. The zero-order valence-corrected chi connectivity index (χ0v) is 7.23. The summed E-state index contributed by atoms with van der Waals surface area (Å²) in [6, 6.07) is 0.828. The first-order valence-corrected chi connectivity index (χ1v) is 4.57. The van der Waals surface area contributed by atoms with E-state index >= 15 is 0 Å². The lowest BCUT2D eigenvalue weighted by Gasteiger charge is -2.46. The predicted octanol–water partition coefficient (Wildman–Crippen LogP) is 1.17. The molecular weight excluding hydrogens is 138 g/mol. The number of piperidine rings is 2. The van der Waals surface area contributed by atoms with Gasteiger partial charge >= 0.3 is 0 Å². The van der Waals surface area contributed by atoms with Gasteiger partial charge in [0.05, 0.1) is 6.61 Å². The Kier molecular flexibility index (Phi) is 1.90. The molecule has 0 spiro atoms. The van der Waals surface area contributed by atoms with Gasteiger partial charge in [-0.3, -0.25) is 0 Å². The Labute approximate surface area is 68.3 Å². The molecule has 2 bridgehead atoms. The third-order valence-electron chi connectivity index (χ3n) is 3.26. The Balaban J connectivity index is 2.00. The molecule has 2 aliphatic heterocycles. The minimum atomic E-state index is 0.503. The van der Waals surface area contributed by atoms with Gasteiger partial charge in [-0.2, -0.15) is 0 Å². The van der Waals surface area contributed by atoms with Crippen LogP contribution in [0.2, 0.25) is 0 Å². The number of hydrogen-bond acceptors (Lipinski definition) is 2. The molecule has 2 saturated heterocycles. The van der Waals surface area contributed by atoms with Crippen molar-refractivity contribution in [2.45, 2.75) is 31.7 Å². The molecule has 1 aliphatic carbocycles. The lowest BCUT2D eigenvalue weighted by atomic mass is 9.69. The summed E-state index contributed by atoms with van der Waals surface area (Å²) < 4.78 is 5.26. The third-order valence-corrected chi connectivity index (χ3v) is 3.26. The maximum Gasteiger partial charge on any atom is 0.0530 e. The molecule has 0 aromatic rings. The minimum absolute atomic E-state index is 0.503. The topological polar surface area (TPSA) is 21.3 Å². The van der Waals surface area contributed by atoms with Crippen LogP contribution in [0.3, 0.4) is 0 Å². The van der Waals surface area contributed by atoms with Crippen LogP contribution in [0.4, 0.5) is 0 Å². The fourth-order valence-electron chi connectivity index (χ4n) is 2.47. The predicted molar refractivity (Wildman–Crippen MR) is 44.6 cm³/mol. The summed E-state index contributed by atoms with van der Waals surface area (Å²) in [6.07, 6.45) is 5.48. The standard InChI is InChI=1S/C9H17NO/c1-11-7-9-4-2-8(3-5-9)10-6-9/h8,10H,2-7H2,1H3. The van der Waals surface area contributed by atoms with E-state index in [-0.39, 0.29) is 0 Å². The highest BCUT2D eigenvalue weighted by Gasteiger charge is 2.39. The SMILES string of the molecule is COCC12CCC(CC1)NC2. The second-order valence-electron chi connectivity index (χ2n) is 4.09. The zero-order chi connectivity index (χ0) is 7.73. The molecule has 0 unspecified atom stereocenters. The third kappa shape index (κ3) is 1.30. The van der Waals surface area contributed by atoms with Crippen molar-refractivity contribution in [2.75, 3.05) is 20.3 Å². The van der Waals surface area contributed by atoms with Crippen LogP contribution in [0.5, 0.6) is 0 Å². The van der Waals surface area contributed by atoms with Gasteiger partial charge in [0.2, 0.25) is 0 Å². The molecule has 0 radical (unpaired) electrons. The van der Waals surface area contributed by atoms with Crippen LogP contribution in [-0.4, -0.2) is 26.3 Å². The van der Waals surface area contributed by atoms with E-state index in [4.69, 9.17) is 4.74 Å². The normalized spacial score (nSPS) is 42.8. The first-order chi connectivity index (χ1) is 5.35. The van der Waals surface area contributed by atoms with Crippen LogP contribution >= 0.6 is 0 Å². The highest BCUT2D eigenvalue weighted by molar-refractivity contribution is 4.95. The molecule has 0 amide bonds. The summed E-state index contributed by atoms with van der Waals surface area (Å²) >= 11 is 0. The largest absolute Gasteiger partial charge is 0.384 e. The Morgan fingerprint density at radius 1 is 1.45 bits per heavy atom. The molecule has 0 atom stereocenters. The van der Waals surface area contributed by atoms with Crippen molar-refractivity contribution >= 4 is 0 Å². The second-order valence-corrected chi connectivity index (χ2v) is 4.09. The molecule has 0 aromatic heterocycles. The molecule has 3 fully saturated rings. The van der Waals surface area contributed by atoms with E-state index < -0.39 is 0 Å². The Hall–Kier alpha value is -0.0800. The van der Waals surface area contributed by atoms with Gasteiger partial charge < -0.3 is 10.1 Å². The van der Waals surface area contributed by atoms with Crippen LogP contribution in [0.15, 0.2) is 0 Å². The maximum atomic E-state index is 5.26. The van der Waals surface area contributed by atoms with E-state index in [0.717, 1.165) is 12.6 Å². The lowest BCUT2D eigenvalue weighted by Crippen LogP contribution is -2.53. The van der Waals surface area contributed by atoms with Crippen molar-refractivity contribution in [3.8, 4) is 0 Å². The Morgan fingerprint density at radius 3 is 2.64 bits per heavy atom. The van der Waals surface area contributed by atoms with Gasteiger partial charge in [0.15, 0.2) is 0 Å². The van der Waals surface area contributed by atoms with Crippen LogP contribution < -0.4 is 5.32 Å². The zero-order valence-electron chi connectivity index (χ0n) is 7.23. The van der Waals surface area contributed by atoms with Crippen molar-refractivity contribution in [1.29, 1.82) is 0 Å². The fraction of sp³-hybridized carbons (Fsp3) is 1.00. The molecule has 1 saturated carbocycles. The van der Waals surface area contributed by atoms with Gasteiger partial charge in [0.25, 0.3) is 0 Å². The number of methoxy groups -OCH3 is 1. The number of hydrogen-bond donors (Lipinski definition) is 1. The van der Waals surface area contributed by atoms with Crippen molar-refractivity contribution in [3.63, 3.8) is 0 Å². The fourth-order valence-corrected chi connectivity index (χ4v) is 2.47. The number of fused-ring (bicyclic) bond motifs is 3. The molecule has 3 rings (SSSR count). The van der Waals surface area contributed by atoms with Gasteiger partial charge in [-0.1, -0.05) is 0 Å². The average molecular weight is 155 g/mol. The van der Waals surface area contributed by atoms with Gasteiger partial charge in [-0.05, 0) is 25.7 Å². The highest BCUT2D eigenvalue weighted by atomic mass is 16.5. The van der Waals surface area contributed by atoms with E-state index in [1.165, 1.54) is 32.2 Å². The molecule has 3 aliphatic rings. The molecule has 1 N–H and O–H groups in total. The van der Waals surface area contributed by atoms with Crippen LogP contribution in [0.25, 0.3) is 0 Å². The first-order valence-electron chi connectivity index (χ1n) is 4.57. The quantitative estimate of drug-likeness (QED) is 0.646. The summed E-state index contributed by atoms with van der Waals surface area (Å²) in [4.78, 5) is 0. The van der Waals surface area contributed by atoms with Crippen molar-refractivity contribution in [1.82, 2.24) is 5.32 Å². The summed E-state index contributed by atoms with van der Waals surface area (Å²) in [5.74, 6) is 0. The van der Waals surface area contributed by atoms with E-state index in [2.05, 4.69) is 5.32 Å². The van der Waals surface area contributed by atoms with Gasteiger partial charge in [-0.15, -0.1) is 0 Å². The van der Waals surface area contributed by atoms with Gasteiger partial charge in [0.1, 0.15) is 0 Å². The van der Waals surface area contributed by atoms with Crippen LogP contribution in [0, 0.1) is 5.41 Å². The number of nitrogens with one attached hydrogen (secondary N) is 1. The Bertz CT molecular complexity index is 119. The highest BCUT2D eigenvalue weighted by Crippen LogP contribution is 2.40. The van der Waals surface area contributed by atoms with E-state index in [0.29, 0.717) is 5.41 Å². The van der Waals surface area contributed by atoms with Crippen molar-refractivity contribution < 1.29 is 4.74 Å². The maximum absolute atomic E-state index is 5.26. The van der Waals surface area contributed by atoms with Crippen LogP contribution in [-0.2, 0) is 4.74 Å². The lowest BCUT2D eigenvalue weighted by molar-refractivity contribution is 0.0102. The molecular formula is C9H17NO. The molecule has 2 heteroatoms. The summed E-state index contributed by atoms with van der Waals surface area (Å²) in [5, 5.41) is 3.56. The Morgan fingerprint density at radius 2 is 2.18 bits per heavy atom. The molecule has 0 aromatic carbocycles. The molecule has 11 heavy (non-hydrogen) atoms. The minimum Gasteiger partial charge on any atom is -0.384 e. The van der Waals surface area contributed by atoms with E-state index in [9.17, 15) is 0 Å². The van der Waals surface area contributed by atoms with Gasteiger partial charge in [0, 0.05) is 25.1 Å². The smallest absolute Gasteiger partial charge is 0.0530 e. The monoisotopic (exact) mass is 155 g/mol. The summed E-state index contributed by atoms with van der Waals surface area (Å²) in [5.41, 5.74) is 0.503. The average Bonchev–Trinajstić information content (AvgIpc) is 2.07. The molecule has 64 valence electrons.